The van der Waals surface area contributed by atoms with E-state index in [2.05, 4.69) is 5.32 Å². The number of para-hydroxylation sites is 1. The maximum Gasteiger partial charge on any atom is 0.303 e. The molecule has 0 unspecified atom stereocenters. The molecule has 32 heavy (non-hydrogen) atoms. The van der Waals surface area contributed by atoms with Gasteiger partial charge < -0.3 is 10.4 Å². The smallest absolute Gasteiger partial charge is 0.303 e. The highest BCUT2D eigenvalue weighted by Gasteiger charge is 2.08. The van der Waals surface area contributed by atoms with E-state index in [0.717, 1.165) is 68.4 Å². The second-order valence-corrected chi connectivity index (χ2v) is 10.7. The van der Waals surface area contributed by atoms with Crippen LogP contribution in [-0.4, -0.2) is 41.5 Å². The molecule has 0 aliphatic heterocycles. The molecule has 0 fully saturated rings. The SMILES string of the molecule is O=C(O)CCCCCCCCCCCC(=O)Nc1ccccc1SCCCCS(=O)(=O)O. The van der Waals surface area contributed by atoms with Gasteiger partial charge in [-0.1, -0.05) is 57.1 Å². The third-order valence-electron chi connectivity index (χ3n) is 5.01. The molecular weight excluding hydrogens is 450 g/mol. The van der Waals surface area contributed by atoms with E-state index >= 15 is 0 Å². The number of rotatable bonds is 19. The van der Waals surface area contributed by atoms with Crippen LogP contribution in [0.3, 0.4) is 0 Å². The lowest BCUT2D eigenvalue weighted by atomic mass is 10.1. The molecule has 0 bridgehead atoms. The standard InChI is InChI=1S/C23H37NO6S2/c25-22(16-8-6-4-2-1-3-5-7-9-17-23(26)27)24-20-14-10-11-15-21(20)31-18-12-13-19-32(28,29)30/h10-11,14-15H,1-9,12-13,16-19H2,(H,24,25)(H,26,27)(H,28,29,30). The Labute approximate surface area is 196 Å². The minimum Gasteiger partial charge on any atom is -0.481 e. The first-order valence-electron chi connectivity index (χ1n) is 11.5. The average molecular weight is 488 g/mol. The summed E-state index contributed by atoms with van der Waals surface area (Å²) in [5, 5.41) is 11.6. The van der Waals surface area contributed by atoms with Crippen molar-refractivity contribution in [3.8, 4) is 0 Å². The van der Waals surface area contributed by atoms with Crippen LogP contribution < -0.4 is 5.32 Å². The highest BCUT2D eigenvalue weighted by molar-refractivity contribution is 7.99. The topological polar surface area (TPSA) is 121 Å². The number of hydrogen-bond acceptors (Lipinski definition) is 5. The normalized spacial score (nSPS) is 11.4. The first-order chi connectivity index (χ1) is 15.3. The number of thioether (sulfide) groups is 1. The van der Waals surface area contributed by atoms with E-state index in [1.165, 1.54) is 0 Å². The molecule has 9 heteroatoms. The van der Waals surface area contributed by atoms with Crippen molar-refractivity contribution >= 4 is 39.4 Å². The third kappa shape index (κ3) is 16.1. The minimum absolute atomic E-state index is 0.00264. The van der Waals surface area contributed by atoms with Gasteiger partial charge in [-0.2, -0.15) is 8.42 Å². The summed E-state index contributed by atoms with van der Waals surface area (Å²) in [6.07, 6.45) is 11.1. The van der Waals surface area contributed by atoms with Gasteiger partial charge in [-0.3, -0.25) is 14.1 Å². The van der Waals surface area contributed by atoms with E-state index in [4.69, 9.17) is 9.66 Å². The van der Waals surface area contributed by atoms with Crippen molar-refractivity contribution < 1.29 is 27.7 Å². The molecule has 0 spiro atoms. The summed E-state index contributed by atoms with van der Waals surface area (Å²) in [7, 11) is -3.90. The monoisotopic (exact) mass is 487 g/mol. The molecule has 0 radical (unpaired) electrons. The molecule has 3 N–H and O–H groups in total. The van der Waals surface area contributed by atoms with Crippen LogP contribution in [0.5, 0.6) is 0 Å². The molecule has 0 aliphatic carbocycles. The van der Waals surface area contributed by atoms with Crippen molar-refractivity contribution in [2.45, 2.75) is 88.4 Å². The Morgan fingerprint density at radius 3 is 1.97 bits per heavy atom. The number of benzene rings is 1. The van der Waals surface area contributed by atoms with Crippen LogP contribution in [0.4, 0.5) is 5.69 Å². The van der Waals surface area contributed by atoms with E-state index in [0.29, 0.717) is 25.0 Å². The van der Waals surface area contributed by atoms with Crippen LogP contribution in [-0.2, 0) is 19.7 Å². The van der Waals surface area contributed by atoms with E-state index in [1.807, 2.05) is 24.3 Å². The zero-order valence-electron chi connectivity index (χ0n) is 18.8. The van der Waals surface area contributed by atoms with Crippen molar-refractivity contribution in [1.29, 1.82) is 0 Å². The highest BCUT2D eigenvalue weighted by Crippen LogP contribution is 2.28. The Kier molecular flexibility index (Phi) is 15.1. The number of hydrogen-bond donors (Lipinski definition) is 3. The number of unbranched alkanes of at least 4 members (excludes halogenated alkanes) is 9. The Hall–Kier alpha value is -1.58. The number of anilines is 1. The van der Waals surface area contributed by atoms with Crippen molar-refractivity contribution in [3.05, 3.63) is 24.3 Å². The number of nitrogens with one attached hydrogen (secondary N) is 1. The summed E-state index contributed by atoms with van der Waals surface area (Å²) in [6, 6.07) is 7.58. The zero-order chi connectivity index (χ0) is 23.7. The van der Waals surface area contributed by atoms with Gasteiger partial charge in [0.2, 0.25) is 5.91 Å². The van der Waals surface area contributed by atoms with E-state index in [-0.39, 0.29) is 18.1 Å². The predicted octanol–water partition coefficient (Wildman–Crippen LogP) is 5.76. The summed E-state index contributed by atoms with van der Waals surface area (Å²) >= 11 is 1.57. The molecule has 0 heterocycles. The first kappa shape index (κ1) is 28.5. The maximum absolute atomic E-state index is 12.3. The van der Waals surface area contributed by atoms with Crippen LogP contribution >= 0.6 is 11.8 Å². The van der Waals surface area contributed by atoms with Gasteiger partial charge >= 0.3 is 5.97 Å². The van der Waals surface area contributed by atoms with Gasteiger partial charge in [0.05, 0.1) is 11.4 Å². The first-order valence-corrected chi connectivity index (χ1v) is 14.1. The third-order valence-corrected chi connectivity index (χ3v) is 6.97. The number of carbonyl (C=O) groups is 2. The Morgan fingerprint density at radius 1 is 0.812 bits per heavy atom. The summed E-state index contributed by atoms with van der Waals surface area (Å²) in [6.45, 7) is 0. The molecule has 0 aromatic heterocycles. The minimum atomic E-state index is -3.90. The van der Waals surface area contributed by atoms with Crippen LogP contribution in [0.15, 0.2) is 29.2 Å². The van der Waals surface area contributed by atoms with E-state index in [1.54, 1.807) is 11.8 Å². The number of aliphatic carboxylic acids is 1. The van der Waals surface area contributed by atoms with Gasteiger partial charge in [0, 0.05) is 17.7 Å². The second kappa shape index (κ2) is 17.0. The summed E-state index contributed by atoms with van der Waals surface area (Å²) < 4.78 is 30.3. The molecule has 182 valence electrons. The molecule has 0 atom stereocenters. The molecular formula is C23H37NO6S2. The van der Waals surface area contributed by atoms with Crippen LogP contribution in [0.25, 0.3) is 0 Å². The van der Waals surface area contributed by atoms with Crippen molar-refractivity contribution in [1.82, 2.24) is 0 Å². The molecule has 1 rings (SSSR count). The second-order valence-electron chi connectivity index (χ2n) is 7.96. The Morgan fingerprint density at radius 2 is 1.38 bits per heavy atom. The van der Waals surface area contributed by atoms with Gasteiger partial charge in [0.25, 0.3) is 10.1 Å². The van der Waals surface area contributed by atoms with Crippen LogP contribution in [0.1, 0.15) is 83.5 Å². The fraction of sp³-hybridized carbons (Fsp3) is 0.652. The molecule has 0 saturated carbocycles. The van der Waals surface area contributed by atoms with Gasteiger partial charge in [-0.15, -0.1) is 11.8 Å². The lowest BCUT2D eigenvalue weighted by molar-refractivity contribution is -0.137. The van der Waals surface area contributed by atoms with E-state index in [9.17, 15) is 18.0 Å². The predicted molar refractivity (Wildman–Crippen MR) is 130 cm³/mol. The van der Waals surface area contributed by atoms with Gasteiger partial charge in [0.15, 0.2) is 0 Å². The summed E-state index contributed by atoms with van der Waals surface area (Å²) in [4.78, 5) is 23.7. The van der Waals surface area contributed by atoms with Crippen LogP contribution in [0.2, 0.25) is 0 Å². The molecule has 0 aliphatic rings. The highest BCUT2D eigenvalue weighted by atomic mass is 32.2. The Bertz CT molecular complexity index is 782. The maximum atomic E-state index is 12.3. The quantitative estimate of drug-likeness (QED) is 0.129. The fourth-order valence-corrected chi connectivity index (χ4v) is 4.86. The van der Waals surface area contributed by atoms with E-state index < -0.39 is 16.1 Å². The molecule has 1 amide bonds. The Balaban J connectivity index is 2.13. The lowest BCUT2D eigenvalue weighted by Gasteiger charge is -2.11. The zero-order valence-corrected chi connectivity index (χ0v) is 20.4. The summed E-state index contributed by atoms with van der Waals surface area (Å²) in [5.41, 5.74) is 0.778. The van der Waals surface area contributed by atoms with Gasteiger partial charge in [-0.05, 0) is 43.6 Å². The van der Waals surface area contributed by atoms with Crippen LogP contribution in [0, 0.1) is 0 Å². The molecule has 1 aromatic rings. The number of carboxylic acid groups (broad SMARTS) is 1. The molecule has 1 aromatic carbocycles. The van der Waals surface area contributed by atoms with Gasteiger partial charge in [0.1, 0.15) is 0 Å². The van der Waals surface area contributed by atoms with Crippen molar-refractivity contribution in [2.24, 2.45) is 0 Å². The van der Waals surface area contributed by atoms with Crippen molar-refractivity contribution in [2.75, 3.05) is 16.8 Å². The van der Waals surface area contributed by atoms with Gasteiger partial charge in [-0.25, -0.2) is 0 Å². The fourth-order valence-electron chi connectivity index (χ4n) is 3.28. The molecule has 0 saturated heterocycles. The lowest BCUT2D eigenvalue weighted by Crippen LogP contribution is -2.11. The average Bonchev–Trinajstić information content (AvgIpc) is 2.72. The van der Waals surface area contributed by atoms with Crippen molar-refractivity contribution in [3.63, 3.8) is 0 Å². The largest absolute Gasteiger partial charge is 0.481 e. The molecule has 7 nitrogen and oxygen atoms in total. The number of carboxylic acids is 1. The summed E-state index contributed by atoms with van der Waals surface area (Å²) in [5.74, 6) is -0.228. The number of amides is 1. The number of carbonyl (C=O) groups excluding carboxylic acids is 1.